The molecule has 5 rings (SSSR count). The molecule has 1 aliphatic rings. The Labute approximate surface area is 197 Å². The Morgan fingerprint density at radius 2 is 1.88 bits per heavy atom. The predicted molar refractivity (Wildman–Crippen MR) is 127 cm³/mol. The topological polar surface area (TPSA) is 76.2 Å². The van der Waals surface area contributed by atoms with E-state index in [-0.39, 0.29) is 24.8 Å². The third-order valence-electron chi connectivity index (χ3n) is 6.47. The number of rotatable bonds is 7. The molecule has 1 aliphatic heterocycles. The van der Waals surface area contributed by atoms with Gasteiger partial charge in [0.2, 0.25) is 17.7 Å². The van der Waals surface area contributed by atoms with Gasteiger partial charge in [0.05, 0.1) is 12.1 Å². The summed E-state index contributed by atoms with van der Waals surface area (Å²) in [5, 5.41) is 12.3. The molecule has 2 aromatic heterocycles. The van der Waals surface area contributed by atoms with Crippen LogP contribution in [-0.4, -0.2) is 38.7 Å². The molecule has 2 aromatic carbocycles. The van der Waals surface area contributed by atoms with Crippen LogP contribution in [0.25, 0.3) is 22.4 Å². The highest BCUT2D eigenvalue weighted by atomic mass is 19.1. The minimum absolute atomic E-state index is 0.0991. The molecule has 0 radical (unpaired) electrons. The molecule has 7 nitrogen and oxygen atoms in total. The second-order valence-corrected chi connectivity index (χ2v) is 9.02. The van der Waals surface area contributed by atoms with E-state index in [1.807, 2.05) is 35.0 Å². The zero-order valence-corrected chi connectivity index (χ0v) is 19.2. The smallest absolute Gasteiger partial charge is 0.249 e. The Bertz CT molecular complexity index is 1290. The molecule has 1 saturated heterocycles. The minimum Gasteiger partial charge on any atom is -0.419 e. The zero-order chi connectivity index (χ0) is 23.5. The van der Waals surface area contributed by atoms with E-state index >= 15 is 0 Å². The van der Waals surface area contributed by atoms with Crippen LogP contribution in [0.1, 0.15) is 31.2 Å². The fraction of sp³-hybridized carbons (Fsp3) is 0.346. The Morgan fingerprint density at radius 1 is 1.12 bits per heavy atom. The summed E-state index contributed by atoms with van der Waals surface area (Å²) in [6.07, 6.45) is 4.24. The van der Waals surface area contributed by atoms with E-state index in [2.05, 4.69) is 27.3 Å². The second-order valence-electron chi connectivity index (χ2n) is 9.02. The number of hydrogen-bond acceptors (Lipinski definition) is 5. The van der Waals surface area contributed by atoms with E-state index in [0.717, 1.165) is 35.5 Å². The maximum absolute atomic E-state index is 13.9. The molecule has 1 fully saturated rings. The second kappa shape index (κ2) is 9.77. The maximum Gasteiger partial charge on any atom is 0.249 e. The van der Waals surface area contributed by atoms with E-state index in [1.54, 1.807) is 18.2 Å². The van der Waals surface area contributed by atoms with Gasteiger partial charge in [0.1, 0.15) is 12.4 Å². The van der Waals surface area contributed by atoms with Crippen LogP contribution in [0.15, 0.2) is 59.1 Å². The standard InChI is InChI=1S/C26H28FN5O2/c1-18-10-12-31(13-11-18)17-25-29-30-26(34-25)21-15-32(23-9-5-3-7-20(21)23)16-24(33)28-14-19-6-2-4-8-22(19)27/h2-9,15,18H,10-14,16-17H2,1H3,(H,28,33). The summed E-state index contributed by atoms with van der Waals surface area (Å²) < 4.78 is 21.7. The van der Waals surface area contributed by atoms with Crippen molar-refractivity contribution in [2.45, 2.75) is 39.4 Å². The van der Waals surface area contributed by atoms with Crippen molar-refractivity contribution >= 4 is 16.8 Å². The number of hydrogen-bond donors (Lipinski definition) is 1. The molecular formula is C26H28FN5O2. The van der Waals surface area contributed by atoms with E-state index in [0.29, 0.717) is 23.9 Å². The molecule has 1 N–H and O–H groups in total. The number of benzene rings is 2. The molecule has 4 aromatic rings. The van der Waals surface area contributed by atoms with Gasteiger partial charge in [-0.15, -0.1) is 10.2 Å². The molecule has 0 atom stereocenters. The molecule has 1 amide bonds. The molecule has 0 saturated carbocycles. The number of halogens is 1. The number of carbonyl (C=O) groups is 1. The molecule has 0 spiro atoms. The van der Waals surface area contributed by atoms with Gasteiger partial charge in [-0.3, -0.25) is 9.69 Å². The highest BCUT2D eigenvalue weighted by Gasteiger charge is 2.20. The van der Waals surface area contributed by atoms with Gasteiger partial charge in [0.25, 0.3) is 0 Å². The van der Waals surface area contributed by atoms with Gasteiger partial charge in [-0.25, -0.2) is 4.39 Å². The number of piperidine rings is 1. The zero-order valence-electron chi connectivity index (χ0n) is 19.2. The van der Waals surface area contributed by atoms with Gasteiger partial charge in [-0.2, -0.15) is 0 Å². The number of likely N-dealkylation sites (tertiary alicyclic amines) is 1. The van der Waals surface area contributed by atoms with Gasteiger partial charge in [0.15, 0.2) is 0 Å². The van der Waals surface area contributed by atoms with Crippen LogP contribution >= 0.6 is 0 Å². The summed E-state index contributed by atoms with van der Waals surface area (Å²) in [6.45, 7) is 5.26. The first-order valence-corrected chi connectivity index (χ1v) is 11.7. The van der Waals surface area contributed by atoms with Crippen LogP contribution in [0.4, 0.5) is 4.39 Å². The lowest BCUT2D eigenvalue weighted by Gasteiger charge is -2.28. The number of aromatic nitrogens is 3. The van der Waals surface area contributed by atoms with Crippen molar-refractivity contribution in [2.24, 2.45) is 5.92 Å². The van der Waals surface area contributed by atoms with Crippen LogP contribution in [0.5, 0.6) is 0 Å². The first kappa shape index (κ1) is 22.3. The normalized spacial score (nSPS) is 15.1. The van der Waals surface area contributed by atoms with Crippen molar-refractivity contribution in [3.05, 3.63) is 72.0 Å². The summed E-state index contributed by atoms with van der Waals surface area (Å²) >= 11 is 0. The summed E-state index contributed by atoms with van der Waals surface area (Å²) in [7, 11) is 0. The molecule has 34 heavy (non-hydrogen) atoms. The first-order valence-electron chi connectivity index (χ1n) is 11.7. The van der Waals surface area contributed by atoms with Crippen LogP contribution in [0, 0.1) is 11.7 Å². The van der Waals surface area contributed by atoms with E-state index in [4.69, 9.17) is 4.42 Å². The van der Waals surface area contributed by atoms with Gasteiger partial charge in [-0.1, -0.05) is 43.3 Å². The molecule has 8 heteroatoms. The number of carbonyl (C=O) groups excluding carboxylic acids is 1. The average molecular weight is 462 g/mol. The van der Waals surface area contributed by atoms with Crippen LogP contribution in [0.3, 0.4) is 0 Å². The predicted octanol–water partition coefficient (Wildman–Crippen LogP) is 4.38. The third kappa shape index (κ3) is 4.87. The summed E-state index contributed by atoms with van der Waals surface area (Å²) in [5.41, 5.74) is 2.14. The third-order valence-corrected chi connectivity index (χ3v) is 6.47. The molecular weight excluding hydrogens is 433 g/mol. The molecule has 0 aliphatic carbocycles. The molecule has 3 heterocycles. The monoisotopic (exact) mass is 461 g/mol. The summed E-state index contributed by atoms with van der Waals surface area (Å²) in [4.78, 5) is 15.0. The fourth-order valence-electron chi connectivity index (χ4n) is 4.43. The van der Waals surface area contributed by atoms with Crippen molar-refractivity contribution in [3.63, 3.8) is 0 Å². The lowest BCUT2D eigenvalue weighted by Crippen LogP contribution is -2.32. The Balaban J connectivity index is 1.31. The Morgan fingerprint density at radius 3 is 2.71 bits per heavy atom. The quantitative estimate of drug-likeness (QED) is 0.442. The summed E-state index contributed by atoms with van der Waals surface area (Å²) in [6, 6.07) is 14.2. The molecule has 0 bridgehead atoms. The van der Waals surface area contributed by atoms with Gasteiger partial charge >= 0.3 is 0 Å². The SMILES string of the molecule is CC1CCN(Cc2nnc(-c3cn(CC(=O)NCc4ccccc4F)c4ccccc34)o2)CC1. The average Bonchev–Trinajstić information content (AvgIpc) is 3.45. The van der Waals surface area contributed by atoms with Crippen molar-refractivity contribution in [2.75, 3.05) is 13.1 Å². The minimum atomic E-state index is -0.331. The lowest BCUT2D eigenvalue weighted by molar-refractivity contribution is -0.121. The van der Waals surface area contributed by atoms with E-state index in [1.165, 1.54) is 18.9 Å². The maximum atomic E-state index is 13.9. The first-order chi connectivity index (χ1) is 16.6. The summed E-state index contributed by atoms with van der Waals surface area (Å²) in [5.74, 6) is 1.28. The van der Waals surface area contributed by atoms with Crippen LogP contribution in [0.2, 0.25) is 0 Å². The number of nitrogens with one attached hydrogen (secondary N) is 1. The fourth-order valence-corrected chi connectivity index (χ4v) is 4.43. The van der Waals surface area contributed by atoms with Crippen molar-refractivity contribution < 1.29 is 13.6 Å². The Hall–Kier alpha value is -3.52. The number of para-hydroxylation sites is 1. The van der Waals surface area contributed by atoms with Crippen molar-refractivity contribution in [1.29, 1.82) is 0 Å². The Kier molecular flexibility index (Phi) is 6.40. The molecule has 176 valence electrons. The lowest BCUT2D eigenvalue weighted by atomic mass is 9.99. The highest BCUT2D eigenvalue weighted by Crippen LogP contribution is 2.30. The number of fused-ring (bicyclic) bond motifs is 1. The van der Waals surface area contributed by atoms with Gasteiger partial charge in [-0.05, 0) is 44.0 Å². The largest absolute Gasteiger partial charge is 0.419 e. The van der Waals surface area contributed by atoms with Gasteiger partial charge in [0, 0.05) is 29.2 Å². The number of nitrogens with zero attached hydrogens (tertiary/aromatic N) is 4. The van der Waals surface area contributed by atoms with E-state index in [9.17, 15) is 9.18 Å². The highest BCUT2D eigenvalue weighted by molar-refractivity contribution is 5.94. The van der Waals surface area contributed by atoms with E-state index < -0.39 is 0 Å². The van der Waals surface area contributed by atoms with Crippen molar-refractivity contribution in [3.8, 4) is 11.5 Å². The number of amides is 1. The van der Waals surface area contributed by atoms with Crippen LogP contribution < -0.4 is 5.32 Å². The van der Waals surface area contributed by atoms with Crippen molar-refractivity contribution in [1.82, 2.24) is 25.0 Å². The molecule has 0 unspecified atom stereocenters. The van der Waals surface area contributed by atoms with Crippen LogP contribution in [-0.2, 0) is 24.4 Å². The van der Waals surface area contributed by atoms with Gasteiger partial charge < -0.3 is 14.3 Å².